The first kappa shape index (κ1) is 22.1. The Hall–Kier alpha value is -3.12. The number of benzene rings is 3. The number of hydrogen-bond acceptors (Lipinski definition) is 3. The molecular formula is C26H28N2O3S. The number of carbonyl (C=O) groups is 1. The molecule has 0 aliphatic carbocycles. The lowest BCUT2D eigenvalue weighted by molar-refractivity contribution is -0.115. The molecule has 0 aromatic heterocycles. The van der Waals surface area contributed by atoms with Crippen molar-refractivity contribution in [2.75, 3.05) is 21.9 Å². The topological polar surface area (TPSA) is 66.5 Å². The van der Waals surface area contributed by atoms with E-state index in [1.165, 1.54) is 4.31 Å². The first-order chi connectivity index (χ1) is 15.5. The summed E-state index contributed by atoms with van der Waals surface area (Å²) in [6.07, 6.45) is 2.48. The van der Waals surface area contributed by atoms with Crippen molar-refractivity contribution >= 4 is 27.3 Å². The molecule has 3 aromatic carbocycles. The van der Waals surface area contributed by atoms with Gasteiger partial charge in [-0.15, -0.1) is 0 Å². The average Bonchev–Trinajstić information content (AvgIpc) is 2.79. The molecular weight excluding hydrogens is 420 g/mol. The molecule has 0 saturated heterocycles. The maximum Gasteiger partial charge on any atom is 0.235 e. The Balaban J connectivity index is 1.46. The quantitative estimate of drug-likeness (QED) is 0.551. The zero-order valence-corrected chi connectivity index (χ0v) is 19.1. The van der Waals surface area contributed by atoms with E-state index in [1.54, 1.807) is 6.07 Å². The molecule has 1 amide bonds. The highest BCUT2D eigenvalue weighted by Gasteiger charge is 2.27. The van der Waals surface area contributed by atoms with Crippen LogP contribution in [-0.4, -0.2) is 26.6 Å². The van der Waals surface area contributed by atoms with Crippen LogP contribution < -0.4 is 9.62 Å². The molecule has 0 unspecified atom stereocenters. The molecule has 1 heterocycles. The lowest BCUT2D eigenvalue weighted by atomic mass is 10.0. The van der Waals surface area contributed by atoms with Gasteiger partial charge in [-0.05, 0) is 53.6 Å². The highest BCUT2D eigenvalue weighted by atomic mass is 32.2. The number of fused-ring (bicyclic) bond motifs is 1. The van der Waals surface area contributed by atoms with Crippen LogP contribution in [0.1, 0.15) is 30.9 Å². The second-order valence-corrected chi connectivity index (χ2v) is 10.1. The number of nitrogens with one attached hydrogen (secondary N) is 1. The maximum atomic E-state index is 12.7. The van der Waals surface area contributed by atoms with E-state index in [9.17, 15) is 13.2 Å². The van der Waals surface area contributed by atoms with Crippen molar-refractivity contribution in [1.29, 1.82) is 0 Å². The van der Waals surface area contributed by atoms with E-state index in [0.29, 0.717) is 24.3 Å². The minimum absolute atomic E-state index is 0.127. The summed E-state index contributed by atoms with van der Waals surface area (Å²) >= 11 is 0. The smallest absolute Gasteiger partial charge is 0.235 e. The Kier molecular flexibility index (Phi) is 6.61. The second kappa shape index (κ2) is 9.57. The van der Waals surface area contributed by atoms with Crippen LogP contribution in [0.5, 0.6) is 0 Å². The van der Waals surface area contributed by atoms with Crippen molar-refractivity contribution in [3.63, 3.8) is 0 Å². The predicted octanol–water partition coefficient (Wildman–Crippen LogP) is 5.03. The van der Waals surface area contributed by atoms with Gasteiger partial charge >= 0.3 is 0 Å². The van der Waals surface area contributed by atoms with Crippen LogP contribution in [0.4, 0.5) is 11.4 Å². The third kappa shape index (κ3) is 5.02. The summed E-state index contributed by atoms with van der Waals surface area (Å²) in [4.78, 5) is 12.6. The van der Waals surface area contributed by atoms with E-state index in [-0.39, 0.29) is 18.1 Å². The number of aryl methyl sites for hydroxylation is 1. The number of amides is 1. The molecule has 3 aromatic rings. The summed E-state index contributed by atoms with van der Waals surface area (Å²) < 4.78 is 26.9. The maximum absolute atomic E-state index is 12.7. The number of nitrogens with zero attached hydrogens (tertiary/aromatic N) is 1. The summed E-state index contributed by atoms with van der Waals surface area (Å²) in [6.45, 7) is 2.35. The third-order valence-electron chi connectivity index (χ3n) is 5.67. The van der Waals surface area contributed by atoms with Crippen molar-refractivity contribution in [1.82, 2.24) is 0 Å². The monoisotopic (exact) mass is 448 g/mol. The van der Waals surface area contributed by atoms with Gasteiger partial charge in [-0.1, -0.05) is 67.6 Å². The van der Waals surface area contributed by atoms with Crippen LogP contribution in [0.2, 0.25) is 0 Å². The van der Waals surface area contributed by atoms with E-state index in [0.717, 1.165) is 35.1 Å². The van der Waals surface area contributed by atoms with E-state index in [4.69, 9.17) is 0 Å². The molecule has 1 aliphatic heterocycles. The fourth-order valence-electron chi connectivity index (χ4n) is 4.11. The fraction of sp³-hybridized carbons (Fsp3) is 0.269. The summed E-state index contributed by atoms with van der Waals surface area (Å²) in [5.41, 5.74) is 5.48. The molecule has 166 valence electrons. The van der Waals surface area contributed by atoms with E-state index >= 15 is 0 Å². The van der Waals surface area contributed by atoms with Gasteiger partial charge < -0.3 is 5.32 Å². The first-order valence-electron chi connectivity index (χ1n) is 11.0. The summed E-state index contributed by atoms with van der Waals surface area (Å²) in [5.74, 6) is -0.00154. The van der Waals surface area contributed by atoms with Crippen LogP contribution in [0, 0.1) is 0 Å². The van der Waals surface area contributed by atoms with E-state index < -0.39 is 10.0 Å². The largest absolute Gasteiger partial charge is 0.326 e. The summed E-state index contributed by atoms with van der Waals surface area (Å²) in [5, 5.41) is 2.93. The lowest BCUT2D eigenvalue weighted by Crippen LogP contribution is -2.37. The molecule has 0 spiro atoms. The minimum Gasteiger partial charge on any atom is -0.326 e. The van der Waals surface area contributed by atoms with E-state index in [1.807, 2.05) is 61.5 Å². The highest BCUT2D eigenvalue weighted by Crippen LogP contribution is 2.32. The highest BCUT2D eigenvalue weighted by molar-refractivity contribution is 7.92. The van der Waals surface area contributed by atoms with Gasteiger partial charge in [0.25, 0.3) is 0 Å². The molecule has 0 fully saturated rings. The fourth-order valence-corrected chi connectivity index (χ4v) is 5.73. The zero-order valence-electron chi connectivity index (χ0n) is 18.3. The number of carbonyl (C=O) groups excluding carboxylic acids is 1. The SMILES string of the molecule is CCCS(=O)(=O)N1CCCc2ccc(NC(=O)Cc3ccc(-c4ccccc4)cc3)cc21. The van der Waals surface area contributed by atoms with Crippen molar-refractivity contribution in [2.24, 2.45) is 0 Å². The Bertz CT molecular complexity index is 1190. The third-order valence-corrected chi connectivity index (χ3v) is 7.64. The Labute approximate surface area is 190 Å². The lowest BCUT2D eigenvalue weighted by Gasteiger charge is -2.31. The Morgan fingerprint density at radius 3 is 2.41 bits per heavy atom. The molecule has 32 heavy (non-hydrogen) atoms. The minimum atomic E-state index is -3.35. The first-order valence-corrected chi connectivity index (χ1v) is 12.6. The van der Waals surface area contributed by atoms with Crippen LogP contribution in [0.15, 0.2) is 72.8 Å². The van der Waals surface area contributed by atoms with Crippen molar-refractivity contribution < 1.29 is 13.2 Å². The number of rotatable bonds is 7. The number of anilines is 2. The van der Waals surface area contributed by atoms with Gasteiger partial charge in [-0.2, -0.15) is 0 Å². The van der Waals surface area contributed by atoms with Crippen LogP contribution in [-0.2, 0) is 27.7 Å². The van der Waals surface area contributed by atoms with Crippen LogP contribution in [0.25, 0.3) is 11.1 Å². The Morgan fingerprint density at radius 1 is 0.969 bits per heavy atom. The van der Waals surface area contributed by atoms with E-state index in [2.05, 4.69) is 17.4 Å². The van der Waals surface area contributed by atoms with Crippen molar-refractivity contribution in [2.45, 2.75) is 32.6 Å². The average molecular weight is 449 g/mol. The second-order valence-electron chi connectivity index (χ2n) is 8.12. The van der Waals surface area contributed by atoms with Gasteiger partial charge in [-0.3, -0.25) is 9.10 Å². The molecule has 1 aliphatic rings. The molecule has 4 rings (SSSR count). The molecule has 0 radical (unpaired) electrons. The zero-order chi connectivity index (χ0) is 22.6. The van der Waals surface area contributed by atoms with Gasteiger partial charge in [0.05, 0.1) is 17.9 Å². The van der Waals surface area contributed by atoms with Gasteiger partial charge in [-0.25, -0.2) is 8.42 Å². The number of hydrogen-bond donors (Lipinski definition) is 1. The van der Waals surface area contributed by atoms with Gasteiger partial charge in [0, 0.05) is 12.2 Å². The standard InChI is InChI=1S/C26H28N2O3S/c1-2-17-32(30,31)28-16-6-9-23-14-15-24(19-25(23)28)27-26(29)18-20-10-12-22(13-11-20)21-7-4-3-5-8-21/h3-5,7-8,10-15,19H,2,6,9,16-18H2,1H3,(H,27,29). The van der Waals surface area contributed by atoms with Gasteiger partial charge in [0.15, 0.2) is 0 Å². The summed E-state index contributed by atoms with van der Waals surface area (Å²) in [6, 6.07) is 23.7. The van der Waals surface area contributed by atoms with Crippen molar-refractivity contribution in [3.05, 3.63) is 83.9 Å². The molecule has 5 nitrogen and oxygen atoms in total. The normalized spacial score (nSPS) is 13.5. The molecule has 0 atom stereocenters. The molecule has 0 saturated carbocycles. The van der Waals surface area contributed by atoms with Gasteiger partial charge in [0.2, 0.25) is 15.9 Å². The Morgan fingerprint density at radius 2 is 1.69 bits per heavy atom. The van der Waals surface area contributed by atoms with Gasteiger partial charge in [0.1, 0.15) is 0 Å². The molecule has 0 bridgehead atoms. The van der Waals surface area contributed by atoms with Crippen molar-refractivity contribution in [3.8, 4) is 11.1 Å². The molecule has 1 N–H and O–H groups in total. The van der Waals surface area contributed by atoms with Crippen LogP contribution in [0.3, 0.4) is 0 Å². The molecule has 6 heteroatoms. The predicted molar refractivity (Wildman–Crippen MR) is 130 cm³/mol. The van der Waals surface area contributed by atoms with Crippen LogP contribution >= 0.6 is 0 Å². The number of sulfonamides is 1. The summed E-state index contributed by atoms with van der Waals surface area (Å²) in [7, 11) is -3.35.